The molecule has 3 heterocycles. The Morgan fingerprint density at radius 3 is 2.71 bits per heavy atom. The second-order valence-corrected chi connectivity index (χ2v) is 6.21. The first kappa shape index (κ1) is 19.9. The molecule has 1 saturated heterocycles. The third kappa shape index (κ3) is 4.50. The average Bonchev–Trinajstić information content (AvgIpc) is 3.08. The molecule has 3 rings (SSSR count). The molecule has 1 fully saturated rings. The predicted octanol–water partition coefficient (Wildman–Crippen LogP) is 1.62. The normalized spacial score (nSPS) is 15.6. The number of ether oxygens (including phenoxy) is 2. The van der Waals surface area contributed by atoms with Crippen molar-refractivity contribution in [3.8, 4) is 0 Å². The third-order valence-corrected chi connectivity index (χ3v) is 4.34. The number of piperidine rings is 1. The number of alkyl halides is 3. The van der Waals surface area contributed by atoms with Crippen LogP contribution >= 0.6 is 0 Å². The molecule has 2 N–H and O–H groups in total. The van der Waals surface area contributed by atoms with E-state index in [1.165, 1.54) is 12.3 Å². The van der Waals surface area contributed by atoms with Gasteiger partial charge in [-0.1, -0.05) is 0 Å². The highest BCUT2D eigenvalue weighted by Crippen LogP contribution is 2.27. The quantitative estimate of drug-likeness (QED) is 0.733. The number of aromatic amines is 1. The number of hydrogen-bond donors (Lipinski definition) is 2. The molecule has 0 bridgehead atoms. The van der Waals surface area contributed by atoms with Crippen LogP contribution in [0.1, 0.15) is 12.8 Å². The molecule has 0 radical (unpaired) electrons. The molecule has 0 atom stereocenters. The Bertz CT molecular complexity index is 862. The van der Waals surface area contributed by atoms with E-state index in [1.807, 2.05) is 0 Å². The van der Waals surface area contributed by atoms with Crippen molar-refractivity contribution in [1.29, 1.82) is 0 Å². The lowest BCUT2D eigenvalue weighted by molar-refractivity contribution is -0.199. The standard InChI is InChI=1S/C16H18F3N5O4/c1-27-9-2-4-24(5-3-9)14-10-7-20-12(6-11(10)22-23-14)21-13(25)8-28-15(26)16(17,18)19/h6-7,9H,2-5,8H2,1H3,(H,22,23)(H,20,21,25). The van der Waals surface area contributed by atoms with Crippen LogP contribution in [-0.4, -0.2) is 66.1 Å². The van der Waals surface area contributed by atoms with Crippen molar-refractivity contribution in [3.05, 3.63) is 12.3 Å². The van der Waals surface area contributed by atoms with Crippen LogP contribution in [-0.2, 0) is 19.1 Å². The maximum Gasteiger partial charge on any atom is 0.490 e. The Balaban J connectivity index is 1.62. The zero-order valence-corrected chi connectivity index (χ0v) is 14.9. The summed E-state index contributed by atoms with van der Waals surface area (Å²) >= 11 is 0. The Labute approximate surface area is 157 Å². The molecule has 152 valence electrons. The number of pyridine rings is 1. The highest BCUT2D eigenvalue weighted by Gasteiger charge is 2.41. The van der Waals surface area contributed by atoms with E-state index in [4.69, 9.17) is 4.74 Å². The number of carbonyl (C=O) groups is 2. The first-order valence-electron chi connectivity index (χ1n) is 8.43. The smallest absolute Gasteiger partial charge is 0.449 e. The highest BCUT2D eigenvalue weighted by atomic mass is 19.4. The number of rotatable bonds is 5. The van der Waals surface area contributed by atoms with E-state index in [9.17, 15) is 22.8 Å². The van der Waals surface area contributed by atoms with Gasteiger partial charge in [0.1, 0.15) is 5.82 Å². The van der Waals surface area contributed by atoms with Crippen LogP contribution in [0.5, 0.6) is 0 Å². The fourth-order valence-electron chi connectivity index (χ4n) is 2.90. The molecular weight excluding hydrogens is 383 g/mol. The fraction of sp³-hybridized carbons (Fsp3) is 0.500. The second-order valence-electron chi connectivity index (χ2n) is 6.21. The largest absolute Gasteiger partial charge is 0.490 e. The monoisotopic (exact) mass is 401 g/mol. The van der Waals surface area contributed by atoms with Gasteiger partial charge in [0, 0.05) is 32.5 Å². The Morgan fingerprint density at radius 1 is 1.36 bits per heavy atom. The number of esters is 1. The fourth-order valence-corrected chi connectivity index (χ4v) is 2.90. The minimum atomic E-state index is -5.15. The van der Waals surface area contributed by atoms with Crippen molar-refractivity contribution in [1.82, 2.24) is 15.2 Å². The number of amides is 1. The number of hydrogen-bond acceptors (Lipinski definition) is 7. The average molecular weight is 401 g/mol. The van der Waals surface area contributed by atoms with Gasteiger partial charge in [-0.25, -0.2) is 9.78 Å². The molecule has 9 nitrogen and oxygen atoms in total. The Hall–Kier alpha value is -2.89. The molecule has 0 aliphatic carbocycles. The summed E-state index contributed by atoms with van der Waals surface area (Å²) in [6, 6.07) is 1.50. The third-order valence-electron chi connectivity index (χ3n) is 4.34. The van der Waals surface area contributed by atoms with Gasteiger partial charge in [0.2, 0.25) is 0 Å². The number of methoxy groups -OCH3 is 1. The SMILES string of the molecule is COC1CCN(c2n[nH]c3cc(NC(=O)COC(=O)C(F)(F)F)ncc23)CC1. The lowest BCUT2D eigenvalue weighted by Crippen LogP contribution is -2.36. The summed E-state index contributed by atoms with van der Waals surface area (Å²) in [6.45, 7) is 0.490. The maximum absolute atomic E-state index is 12.1. The number of fused-ring (bicyclic) bond motifs is 1. The molecule has 1 aliphatic heterocycles. The molecule has 12 heteroatoms. The van der Waals surface area contributed by atoms with Gasteiger partial charge in [0.15, 0.2) is 12.4 Å². The summed E-state index contributed by atoms with van der Waals surface area (Å²) in [5.74, 6) is -2.55. The van der Waals surface area contributed by atoms with Crippen LogP contribution in [0.4, 0.5) is 24.8 Å². The Kier molecular flexibility index (Phi) is 5.68. The first-order chi connectivity index (χ1) is 13.3. The molecule has 1 amide bonds. The lowest BCUT2D eigenvalue weighted by Gasteiger charge is -2.31. The predicted molar refractivity (Wildman–Crippen MR) is 91.8 cm³/mol. The van der Waals surface area contributed by atoms with Crippen LogP contribution in [0.2, 0.25) is 0 Å². The number of H-pyrrole nitrogens is 1. The van der Waals surface area contributed by atoms with Gasteiger partial charge in [-0.3, -0.25) is 9.89 Å². The minimum absolute atomic E-state index is 0.0915. The summed E-state index contributed by atoms with van der Waals surface area (Å²) in [5.41, 5.74) is 0.599. The number of anilines is 2. The van der Waals surface area contributed by atoms with Crippen molar-refractivity contribution in [2.45, 2.75) is 25.1 Å². The highest BCUT2D eigenvalue weighted by molar-refractivity contribution is 5.96. The molecule has 2 aromatic rings. The summed E-state index contributed by atoms with van der Waals surface area (Å²) in [7, 11) is 1.69. The van der Waals surface area contributed by atoms with E-state index in [0.717, 1.165) is 37.1 Å². The topological polar surface area (TPSA) is 109 Å². The minimum Gasteiger partial charge on any atom is -0.449 e. The van der Waals surface area contributed by atoms with Crippen LogP contribution < -0.4 is 10.2 Å². The van der Waals surface area contributed by atoms with Gasteiger partial charge < -0.3 is 19.7 Å². The summed E-state index contributed by atoms with van der Waals surface area (Å²) in [6.07, 6.45) is -1.66. The zero-order valence-electron chi connectivity index (χ0n) is 14.9. The van der Waals surface area contributed by atoms with Crippen LogP contribution in [0.25, 0.3) is 10.9 Å². The van der Waals surface area contributed by atoms with Gasteiger partial charge in [-0.15, -0.1) is 0 Å². The molecule has 0 aromatic carbocycles. The van der Waals surface area contributed by atoms with Crippen LogP contribution in [0, 0.1) is 0 Å². The van der Waals surface area contributed by atoms with Gasteiger partial charge in [-0.05, 0) is 12.8 Å². The first-order valence-corrected chi connectivity index (χ1v) is 8.43. The molecule has 0 spiro atoms. The molecular formula is C16H18F3N5O4. The van der Waals surface area contributed by atoms with E-state index < -0.39 is 24.7 Å². The van der Waals surface area contributed by atoms with Crippen molar-refractivity contribution in [2.75, 3.05) is 37.0 Å². The van der Waals surface area contributed by atoms with Gasteiger partial charge in [0.25, 0.3) is 5.91 Å². The maximum atomic E-state index is 12.1. The zero-order chi connectivity index (χ0) is 20.3. The lowest BCUT2D eigenvalue weighted by atomic mass is 10.1. The summed E-state index contributed by atoms with van der Waals surface area (Å²) < 4.78 is 45.4. The van der Waals surface area contributed by atoms with Crippen molar-refractivity contribution in [2.24, 2.45) is 0 Å². The molecule has 2 aromatic heterocycles. The summed E-state index contributed by atoms with van der Waals surface area (Å²) in [4.78, 5) is 28.4. The van der Waals surface area contributed by atoms with E-state index in [2.05, 4.69) is 30.1 Å². The molecule has 1 aliphatic rings. The van der Waals surface area contributed by atoms with Gasteiger partial charge in [-0.2, -0.15) is 18.3 Å². The van der Waals surface area contributed by atoms with Crippen molar-refractivity contribution >= 4 is 34.4 Å². The Morgan fingerprint density at radius 2 is 2.07 bits per heavy atom. The van der Waals surface area contributed by atoms with Crippen LogP contribution in [0.3, 0.4) is 0 Å². The molecule has 28 heavy (non-hydrogen) atoms. The number of halogens is 3. The van der Waals surface area contributed by atoms with E-state index >= 15 is 0 Å². The number of carbonyl (C=O) groups excluding carboxylic acids is 2. The van der Waals surface area contributed by atoms with Gasteiger partial charge in [0.05, 0.1) is 17.0 Å². The molecule has 0 saturated carbocycles. The number of nitrogens with one attached hydrogen (secondary N) is 2. The van der Waals surface area contributed by atoms with Crippen LogP contribution in [0.15, 0.2) is 12.3 Å². The van der Waals surface area contributed by atoms with E-state index in [1.54, 1.807) is 7.11 Å². The van der Waals surface area contributed by atoms with Crippen molar-refractivity contribution < 1.29 is 32.2 Å². The second kappa shape index (κ2) is 8.00. The van der Waals surface area contributed by atoms with Gasteiger partial charge >= 0.3 is 12.1 Å². The van der Waals surface area contributed by atoms with E-state index in [-0.39, 0.29) is 11.9 Å². The van der Waals surface area contributed by atoms with E-state index in [0.29, 0.717) is 5.52 Å². The van der Waals surface area contributed by atoms with Crippen molar-refractivity contribution in [3.63, 3.8) is 0 Å². The number of aromatic nitrogens is 3. The summed E-state index contributed by atoms with van der Waals surface area (Å²) in [5, 5.41) is 10.2. The number of nitrogens with zero attached hydrogens (tertiary/aromatic N) is 3. The molecule has 0 unspecified atom stereocenters.